The molecule has 0 N–H and O–H groups in total. The van der Waals surface area contributed by atoms with Crippen LogP contribution in [0, 0.1) is 6.42 Å². The zero-order valence-corrected chi connectivity index (χ0v) is 2.95. The Balaban J connectivity index is 2.31. The fraction of sp³-hybridized carbons (Fsp3) is 0.667. The third-order valence-corrected chi connectivity index (χ3v) is 0.597. The largest absolute Gasteiger partial charge is 0.361 e. The summed E-state index contributed by atoms with van der Waals surface area (Å²) in [4.78, 5) is 0. The molecule has 0 aromatic rings. The van der Waals surface area contributed by atoms with Gasteiger partial charge in [-0.05, 0) is 0 Å². The highest BCUT2D eigenvalue weighted by Crippen LogP contribution is 2.27. The van der Waals surface area contributed by atoms with Crippen LogP contribution < -0.4 is 0 Å². The van der Waals surface area contributed by atoms with Gasteiger partial charge in [-0.15, -0.1) is 0 Å². The fourth-order valence-corrected chi connectivity index (χ4v) is 0.209. The van der Waals surface area contributed by atoms with Crippen LogP contribution in [0.2, 0.25) is 0 Å². The minimum atomic E-state index is -2.90. The molecule has 1 aliphatic heterocycles. The summed E-state index contributed by atoms with van der Waals surface area (Å²) in [6.45, 7) is 0.0903. The predicted octanol–water partition coefficient (Wildman–Crippen LogP) is 0.814. The van der Waals surface area contributed by atoms with Crippen LogP contribution in [0.3, 0.4) is 0 Å². The number of ether oxygens (including phenoxy) is 1. The van der Waals surface area contributed by atoms with Crippen molar-refractivity contribution in [1.29, 1.82) is 0 Å². The summed E-state index contributed by atoms with van der Waals surface area (Å²) < 4.78 is 26.2. The van der Waals surface area contributed by atoms with Gasteiger partial charge in [0.25, 0.3) is 0 Å². The molecule has 0 amide bonds. The van der Waals surface area contributed by atoms with Gasteiger partial charge in [0.15, 0.2) is 0 Å². The molecule has 35 valence electrons. The molecule has 6 heavy (non-hydrogen) atoms. The van der Waals surface area contributed by atoms with E-state index in [0.29, 0.717) is 0 Å². The molecule has 3 heteroatoms. The maximum atomic E-state index is 11.3. The van der Waals surface area contributed by atoms with Gasteiger partial charge in [0, 0.05) is 0 Å². The summed E-state index contributed by atoms with van der Waals surface area (Å²) in [5.74, 6) is 0. The monoisotopic (exact) mass is 93.0 g/mol. The summed E-state index contributed by atoms with van der Waals surface area (Å²) in [7, 11) is 0. The number of hydrogen-bond donors (Lipinski definition) is 0. The van der Waals surface area contributed by atoms with Gasteiger partial charge < -0.3 is 4.74 Å². The molecule has 0 spiro atoms. The Morgan fingerprint density at radius 2 is 2.00 bits per heavy atom. The van der Waals surface area contributed by atoms with E-state index in [1.807, 2.05) is 0 Å². The molecule has 0 aliphatic carbocycles. The average Bonchev–Trinajstić information content (AvgIpc) is 1.32. The smallest absolute Gasteiger partial charge is 0.320 e. The van der Waals surface area contributed by atoms with Gasteiger partial charge in [-0.2, -0.15) is 8.78 Å². The molecule has 1 rings (SSSR count). The van der Waals surface area contributed by atoms with Crippen molar-refractivity contribution in [3.63, 3.8) is 0 Å². The minimum Gasteiger partial charge on any atom is -0.320 e. The van der Waals surface area contributed by atoms with Crippen LogP contribution in [0.5, 0.6) is 0 Å². The molecule has 1 aliphatic rings. The van der Waals surface area contributed by atoms with E-state index < -0.39 is 6.11 Å². The van der Waals surface area contributed by atoms with E-state index in [-0.39, 0.29) is 6.61 Å². The molecule has 0 bridgehead atoms. The molecule has 1 heterocycles. The molecule has 0 aromatic carbocycles. The molecule has 1 fully saturated rings. The van der Waals surface area contributed by atoms with E-state index in [9.17, 15) is 8.78 Å². The van der Waals surface area contributed by atoms with Gasteiger partial charge in [-0.1, -0.05) is 0 Å². The highest BCUT2D eigenvalue weighted by Gasteiger charge is 2.38. The first-order chi connectivity index (χ1) is 2.71. The molecule has 1 saturated heterocycles. The van der Waals surface area contributed by atoms with E-state index in [1.54, 1.807) is 0 Å². The quantitative estimate of drug-likeness (QED) is 0.430. The van der Waals surface area contributed by atoms with Gasteiger partial charge in [0.2, 0.25) is 0 Å². The molecule has 0 saturated carbocycles. The maximum absolute atomic E-state index is 11.3. The third-order valence-electron chi connectivity index (χ3n) is 0.597. The summed E-state index contributed by atoms with van der Waals surface area (Å²) in [5.41, 5.74) is 0. The lowest BCUT2D eigenvalue weighted by Crippen LogP contribution is -2.34. The van der Waals surface area contributed by atoms with Gasteiger partial charge in [0.1, 0.15) is 0 Å². The van der Waals surface area contributed by atoms with Crippen molar-refractivity contribution in [3.05, 3.63) is 6.42 Å². The van der Waals surface area contributed by atoms with Crippen molar-refractivity contribution in [2.24, 2.45) is 0 Å². The van der Waals surface area contributed by atoms with E-state index in [1.165, 1.54) is 0 Å². The SMILES string of the molecule is FC1(F)[CH]CO1. The zero-order valence-electron chi connectivity index (χ0n) is 2.95. The van der Waals surface area contributed by atoms with Crippen molar-refractivity contribution < 1.29 is 13.5 Å². The molecule has 1 nitrogen and oxygen atoms in total. The third kappa shape index (κ3) is 0.497. The molecular weight excluding hydrogens is 90.0 g/mol. The van der Waals surface area contributed by atoms with Crippen molar-refractivity contribution >= 4 is 0 Å². The standard InChI is InChI=1S/C3H3F2O/c4-3(5)1-2-6-3/h1H,2H2. The number of hydrogen-bond acceptors (Lipinski definition) is 1. The van der Waals surface area contributed by atoms with Crippen molar-refractivity contribution in [2.75, 3.05) is 6.61 Å². The molecule has 1 radical (unpaired) electrons. The fourth-order valence-electron chi connectivity index (χ4n) is 0.209. The van der Waals surface area contributed by atoms with Crippen LogP contribution in [0.4, 0.5) is 8.78 Å². The average molecular weight is 93.1 g/mol. The lowest BCUT2D eigenvalue weighted by atomic mass is 10.3. The summed E-state index contributed by atoms with van der Waals surface area (Å²) >= 11 is 0. The van der Waals surface area contributed by atoms with Crippen LogP contribution in [0.1, 0.15) is 0 Å². The first-order valence-electron chi connectivity index (χ1n) is 1.57. The Morgan fingerprint density at radius 3 is 2.00 bits per heavy atom. The zero-order chi connectivity index (χ0) is 4.62. The lowest BCUT2D eigenvalue weighted by molar-refractivity contribution is -0.267. The first-order valence-corrected chi connectivity index (χ1v) is 1.57. The first kappa shape index (κ1) is 3.99. The number of halogens is 2. The van der Waals surface area contributed by atoms with Crippen molar-refractivity contribution in [2.45, 2.75) is 6.11 Å². The highest BCUT2D eigenvalue weighted by atomic mass is 19.3. The minimum absolute atomic E-state index is 0.0903. The number of rotatable bonds is 0. The summed E-state index contributed by atoms with van der Waals surface area (Å²) in [5, 5.41) is 0. The lowest BCUT2D eigenvalue weighted by Gasteiger charge is -2.23. The second kappa shape index (κ2) is 0.904. The highest BCUT2D eigenvalue weighted by molar-refractivity contribution is 4.84. The molecular formula is C3H3F2O. The topological polar surface area (TPSA) is 9.23 Å². The Hall–Kier alpha value is -0.180. The van der Waals surface area contributed by atoms with Crippen LogP contribution >= 0.6 is 0 Å². The van der Waals surface area contributed by atoms with Crippen LogP contribution in [-0.4, -0.2) is 12.7 Å². The van der Waals surface area contributed by atoms with Gasteiger partial charge >= 0.3 is 6.11 Å². The molecule has 0 atom stereocenters. The van der Waals surface area contributed by atoms with E-state index in [2.05, 4.69) is 4.74 Å². The summed E-state index contributed by atoms with van der Waals surface area (Å²) in [6, 6.07) is 0. The van der Waals surface area contributed by atoms with E-state index in [4.69, 9.17) is 0 Å². The second-order valence-corrected chi connectivity index (χ2v) is 1.08. The van der Waals surface area contributed by atoms with Gasteiger partial charge in [-0.25, -0.2) is 0 Å². The predicted molar refractivity (Wildman–Crippen MR) is 15.2 cm³/mol. The number of alkyl halides is 2. The van der Waals surface area contributed by atoms with E-state index >= 15 is 0 Å². The summed E-state index contributed by atoms with van der Waals surface area (Å²) in [6.07, 6.45) is -2.09. The molecule has 0 aromatic heterocycles. The van der Waals surface area contributed by atoms with Gasteiger partial charge in [-0.3, -0.25) is 0 Å². The second-order valence-electron chi connectivity index (χ2n) is 1.08. The Bertz CT molecular complexity index is 55.8. The molecule has 0 unspecified atom stereocenters. The van der Waals surface area contributed by atoms with E-state index in [0.717, 1.165) is 6.42 Å². The van der Waals surface area contributed by atoms with Crippen molar-refractivity contribution in [3.8, 4) is 0 Å². The van der Waals surface area contributed by atoms with Gasteiger partial charge in [0.05, 0.1) is 13.0 Å². The Morgan fingerprint density at radius 1 is 1.67 bits per heavy atom. The Kier molecular flexibility index (Phi) is 0.602. The van der Waals surface area contributed by atoms with Crippen LogP contribution in [0.25, 0.3) is 0 Å². The van der Waals surface area contributed by atoms with Crippen LogP contribution in [0.15, 0.2) is 0 Å². The van der Waals surface area contributed by atoms with Crippen molar-refractivity contribution in [1.82, 2.24) is 0 Å². The Labute approximate surface area is 33.9 Å². The normalized spacial score (nSPS) is 29.0. The van der Waals surface area contributed by atoms with Crippen LogP contribution in [-0.2, 0) is 4.74 Å². The maximum Gasteiger partial charge on any atom is 0.361 e.